The molecule has 0 radical (unpaired) electrons. The Morgan fingerprint density at radius 2 is 1.77 bits per heavy atom. The first-order valence-corrected chi connectivity index (χ1v) is 15.4. The number of allylic oxidation sites excluding steroid dienone is 4. The molecule has 0 bridgehead atoms. The highest BCUT2D eigenvalue weighted by molar-refractivity contribution is 5.71. The van der Waals surface area contributed by atoms with E-state index in [0.29, 0.717) is 30.6 Å². The van der Waals surface area contributed by atoms with E-state index in [1.165, 1.54) is 11.1 Å². The molecule has 3 aliphatic rings. The maximum Gasteiger partial charge on any atom is 0.332 e. The van der Waals surface area contributed by atoms with E-state index in [1.54, 1.807) is 0 Å². The predicted molar refractivity (Wildman–Crippen MR) is 158 cm³/mol. The lowest BCUT2D eigenvalue weighted by molar-refractivity contribution is -0.156. The van der Waals surface area contributed by atoms with Crippen molar-refractivity contribution in [2.75, 3.05) is 6.61 Å². The van der Waals surface area contributed by atoms with Crippen LogP contribution in [0.1, 0.15) is 106 Å². The van der Waals surface area contributed by atoms with Gasteiger partial charge in [0.1, 0.15) is 12.7 Å². The van der Waals surface area contributed by atoms with Crippen molar-refractivity contribution in [3.8, 4) is 0 Å². The highest BCUT2D eigenvalue weighted by Crippen LogP contribution is 2.55. The third-order valence-corrected chi connectivity index (χ3v) is 9.19. The molecule has 2 N–H and O–H groups in total. The molecule has 2 saturated carbocycles. The van der Waals surface area contributed by atoms with Gasteiger partial charge < -0.3 is 19.7 Å². The van der Waals surface area contributed by atoms with E-state index >= 15 is 0 Å². The van der Waals surface area contributed by atoms with Crippen molar-refractivity contribution in [1.29, 1.82) is 0 Å². The predicted octanol–water partition coefficient (Wildman–Crippen LogP) is 7.24. The second-order valence-electron chi connectivity index (χ2n) is 13.3. The Bertz CT molecular complexity index is 929. The van der Waals surface area contributed by atoms with Crippen LogP contribution in [-0.2, 0) is 14.3 Å². The van der Waals surface area contributed by atoms with E-state index in [1.807, 2.05) is 0 Å². The molecule has 0 aromatic heterocycles. The number of fused-ring (bicyclic) bond motifs is 1. The number of carbonyl (C=O) groups excluding carboxylic acids is 1. The molecule has 5 atom stereocenters. The maximum atomic E-state index is 12.8. The number of carbonyl (C=O) groups is 1. The van der Waals surface area contributed by atoms with Crippen LogP contribution in [-0.4, -0.2) is 47.2 Å². The summed E-state index contributed by atoms with van der Waals surface area (Å²) in [6.07, 6.45) is 14.3. The van der Waals surface area contributed by atoms with Crippen LogP contribution in [0.25, 0.3) is 0 Å². The summed E-state index contributed by atoms with van der Waals surface area (Å²) >= 11 is 0. The molecule has 0 aliphatic heterocycles. The molecule has 5 heteroatoms. The highest BCUT2D eigenvalue weighted by Gasteiger charge is 2.46. The van der Waals surface area contributed by atoms with Crippen LogP contribution in [0.4, 0.5) is 0 Å². The van der Waals surface area contributed by atoms with Gasteiger partial charge >= 0.3 is 5.97 Å². The summed E-state index contributed by atoms with van der Waals surface area (Å²) in [5.41, 5.74) is 4.39. The Kier molecular flexibility index (Phi) is 11.7. The number of hydrogen-bond donors (Lipinski definition) is 2. The van der Waals surface area contributed by atoms with Gasteiger partial charge in [-0.25, -0.2) is 4.79 Å². The van der Waals surface area contributed by atoms with Crippen LogP contribution in [0.2, 0.25) is 0 Å². The third-order valence-electron chi connectivity index (χ3n) is 9.19. The van der Waals surface area contributed by atoms with Crippen LogP contribution >= 0.6 is 0 Å². The fourth-order valence-electron chi connectivity index (χ4n) is 6.75. The molecule has 220 valence electrons. The summed E-state index contributed by atoms with van der Waals surface area (Å²) in [5.74, 6) is 1.33. The third kappa shape index (κ3) is 8.65. The summed E-state index contributed by atoms with van der Waals surface area (Å²) in [5, 5.41) is 20.3. The van der Waals surface area contributed by atoms with Gasteiger partial charge in [-0.3, -0.25) is 0 Å². The normalized spacial score (nSPS) is 30.4. The van der Waals surface area contributed by atoms with E-state index < -0.39 is 12.2 Å². The van der Waals surface area contributed by atoms with E-state index in [0.717, 1.165) is 62.5 Å². The number of aliphatic hydroxyl groups is 2. The molecule has 3 rings (SSSR count). The van der Waals surface area contributed by atoms with Crippen molar-refractivity contribution in [2.24, 2.45) is 23.2 Å². The van der Waals surface area contributed by atoms with Gasteiger partial charge in [-0.1, -0.05) is 65.0 Å². The topological polar surface area (TPSA) is 76.0 Å². The molecule has 0 spiro atoms. The van der Waals surface area contributed by atoms with Crippen LogP contribution in [0, 0.1) is 23.2 Å². The summed E-state index contributed by atoms with van der Waals surface area (Å²) in [6, 6.07) is 0. The number of esters is 1. The number of hydrogen-bond acceptors (Lipinski definition) is 5. The smallest absolute Gasteiger partial charge is 0.332 e. The molecule has 0 aromatic carbocycles. The first kappa shape index (κ1) is 31.8. The Labute approximate surface area is 237 Å². The zero-order chi connectivity index (χ0) is 28.7. The average Bonchev–Trinajstić information content (AvgIpc) is 3.22. The summed E-state index contributed by atoms with van der Waals surface area (Å²) in [4.78, 5) is 12.8. The van der Waals surface area contributed by atoms with Crippen LogP contribution in [0.3, 0.4) is 0 Å². The second kappa shape index (κ2) is 14.3. The van der Waals surface area contributed by atoms with Gasteiger partial charge in [-0.05, 0) is 105 Å². The van der Waals surface area contributed by atoms with Crippen molar-refractivity contribution in [3.63, 3.8) is 0 Å². The van der Waals surface area contributed by atoms with E-state index in [-0.39, 0.29) is 30.2 Å². The highest BCUT2D eigenvalue weighted by atomic mass is 16.6. The molecule has 0 saturated heterocycles. The Balaban J connectivity index is 1.59. The molecular weight excluding hydrogens is 488 g/mol. The standard InChI is InChI=1S/C34H54O5/c1-22(2)10-14-29(15-11-23(3)4)39-33(37)21-38-25(6)30-16-17-31-26(9-8-18-34(30,31)7)12-13-27-19-28(35)20-32(36)24(27)5/h12-13,16,22-23,25,28-29,31-32,35-36H,5,8-11,14-15,17-21H2,1-4,6-7H3/b26-12+,27-13-/t25?,28-,31+,32+,34-/m1/s1. The Morgan fingerprint density at radius 1 is 1.10 bits per heavy atom. The fourth-order valence-corrected chi connectivity index (χ4v) is 6.75. The molecule has 0 amide bonds. The summed E-state index contributed by atoms with van der Waals surface area (Å²) in [6.45, 7) is 17.3. The van der Waals surface area contributed by atoms with Crippen molar-refractivity contribution in [1.82, 2.24) is 0 Å². The Morgan fingerprint density at radius 3 is 2.41 bits per heavy atom. The molecule has 39 heavy (non-hydrogen) atoms. The number of aliphatic hydroxyl groups excluding tert-OH is 2. The van der Waals surface area contributed by atoms with E-state index in [9.17, 15) is 15.0 Å². The van der Waals surface area contributed by atoms with Gasteiger partial charge in [-0.15, -0.1) is 0 Å². The average molecular weight is 543 g/mol. The van der Waals surface area contributed by atoms with Gasteiger partial charge in [-0.2, -0.15) is 0 Å². The monoisotopic (exact) mass is 542 g/mol. The zero-order valence-electron chi connectivity index (χ0n) is 25.4. The van der Waals surface area contributed by atoms with E-state index in [4.69, 9.17) is 9.47 Å². The van der Waals surface area contributed by atoms with Gasteiger partial charge in [0.25, 0.3) is 0 Å². The number of rotatable bonds is 12. The van der Waals surface area contributed by atoms with Crippen molar-refractivity contribution in [2.45, 2.75) is 130 Å². The molecule has 0 heterocycles. The van der Waals surface area contributed by atoms with Crippen LogP contribution < -0.4 is 0 Å². The van der Waals surface area contributed by atoms with Crippen LogP contribution in [0.5, 0.6) is 0 Å². The Hall–Kier alpha value is -1.69. The summed E-state index contributed by atoms with van der Waals surface area (Å²) < 4.78 is 12.0. The van der Waals surface area contributed by atoms with Crippen LogP contribution in [0.15, 0.2) is 47.1 Å². The van der Waals surface area contributed by atoms with Gasteiger partial charge in [0.05, 0.1) is 18.3 Å². The summed E-state index contributed by atoms with van der Waals surface area (Å²) in [7, 11) is 0. The minimum atomic E-state index is -0.667. The quantitative estimate of drug-likeness (QED) is 0.201. The lowest BCUT2D eigenvalue weighted by Gasteiger charge is -2.42. The molecule has 3 aliphatic carbocycles. The number of ether oxygens (including phenoxy) is 2. The van der Waals surface area contributed by atoms with Gasteiger partial charge in [0.15, 0.2) is 0 Å². The molecule has 2 fully saturated rings. The largest absolute Gasteiger partial charge is 0.461 e. The van der Waals surface area contributed by atoms with Crippen molar-refractivity contribution >= 4 is 5.97 Å². The minimum absolute atomic E-state index is 0.00553. The first-order valence-electron chi connectivity index (χ1n) is 15.4. The lowest BCUT2D eigenvalue weighted by atomic mass is 9.63. The van der Waals surface area contributed by atoms with Crippen molar-refractivity contribution < 1.29 is 24.5 Å². The molecule has 0 aromatic rings. The maximum absolute atomic E-state index is 12.8. The van der Waals surface area contributed by atoms with Gasteiger partial charge in [0.2, 0.25) is 0 Å². The van der Waals surface area contributed by atoms with Gasteiger partial charge in [0, 0.05) is 6.42 Å². The van der Waals surface area contributed by atoms with Crippen molar-refractivity contribution in [3.05, 3.63) is 47.1 Å². The molecule has 1 unspecified atom stereocenters. The van der Waals surface area contributed by atoms with E-state index in [2.05, 4.69) is 66.3 Å². The zero-order valence-corrected chi connectivity index (χ0v) is 25.4. The first-order chi connectivity index (χ1) is 18.4. The molecule has 5 nitrogen and oxygen atoms in total. The fraction of sp³-hybridized carbons (Fsp3) is 0.735. The molecular formula is C34H54O5. The SMILES string of the molecule is C=C1/C(=C\C=C2/CCC[C@]3(C)C(C(C)OCC(=O)OC(CCC(C)C)CCC(C)C)=CC[C@@H]23)C[C@@H](O)C[C@@H]1O. The lowest BCUT2D eigenvalue weighted by Crippen LogP contribution is -2.35. The second-order valence-corrected chi connectivity index (χ2v) is 13.3. The minimum Gasteiger partial charge on any atom is -0.461 e.